The van der Waals surface area contributed by atoms with E-state index in [0.29, 0.717) is 21.3 Å². The van der Waals surface area contributed by atoms with Crippen molar-refractivity contribution in [3.05, 3.63) is 70.0 Å². The highest BCUT2D eigenvalue weighted by Crippen LogP contribution is 2.25. The standard InChI is InChI=1S/C15H10Cl2FNO/c16-13-2-1-3-14(17)12(13)8-9-15(20)19-11-6-4-10(18)5-7-11/h1-9H,(H,19,20). The molecule has 0 spiro atoms. The number of halogens is 3. The van der Waals surface area contributed by atoms with Crippen molar-refractivity contribution >= 4 is 40.9 Å². The van der Waals surface area contributed by atoms with Gasteiger partial charge < -0.3 is 5.32 Å². The van der Waals surface area contributed by atoms with Gasteiger partial charge in [0.25, 0.3) is 0 Å². The second-order valence-corrected chi connectivity index (χ2v) is 4.78. The molecular weight excluding hydrogens is 300 g/mol. The minimum Gasteiger partial charge on any atom is -0.323 e. The molecule has 0 radical (unpaired) electrons. The molecule has 102 valence electrons. The van der Waals surface area contributed by atoms with Gasteiger partial charge in [-0.25, -0.2) is 4.39 Å². The zero-order valence-electron chi connectivity index (χ0n) is 10.2. The molecule has 0 saturated carbocycles. The van der Waals surface area contributed by atoms with Crippen molar-refractivity contribution in [2.24, 2.45) is 0 Å². The van der Waals surface area contributed by atoms with E-state index in [2.05, 4.69) is 5.32 Å². The van der Waals surface area contributed by atoms with Crippen molar-refractivity contribution in [1.29, 1.82) is 0 Å². The largest absolute Gasteiger partial charge is 0.323 e. The third-order valence-electron chi connectivity index (χ3n) is 2.51. The molecule has 0 aliphatic carbocycles. The Labute approximate surface area is 125 Å². The van der Waals surface area contributed by atoms with Gasteiger partial charge in [0.2, 0.25) is 5.91 Å². The maximum Gasteiger partial charge on any atom is 0.248 e. The molecule has 0 aliphatic heterocycles. The Hall–Kier alpha value is -1.84. The Morgan fingerprint density at radius 3 is 2.25 bits per heavy atom. The SMILES string of the molecule is O=C(C=Cc1c(Cl)cccc1Cl)Nc1ccc(F)cc1. The molecule has 0 fully saturated rings. The number of nitrogens with one attached hydrogen (secondary N) is 1. The van der Waals surface area contributed by atoms with E-state index in [0.717, 1.165) is 0 Å². The summed E-state index contributed by atoms with van der Waals surface area (Å²) in [7, 11) is 0. The molecule has 20 heavy (non-hydrogen) atoms. The fourth-order valence-electron chi connectivity index (χ4n) is 1.55. The number of amides is 1. The van der Waals surface area contributed by atoms with Crippen molar-refractivity contribution in [3.63, 3.8) is 0 Å². The van der Waals surface area contributed by atoms with E-state index in [1.165, 1.54) is 36.4 Å². The van der Waals surface area contributed by atoms with Gasteiger partial charge in [0.15, 0.2) is 0 Å². The summed E-state index contributed by atoms with van der Waals surface area (Å²) < 4.78 is 12.7. The second kappa shape index (κ2) is 6.55. The van der Waals surface area contributed by atoms with Crippen LogP contribution in [0.15, 0.2) is 48.5 Å². The number of benzene rings is 2. The van der Waals surface area contributed by atoms with Gasteiger partial charge in [-0.3, -0.25) is 4.79 Å². The molecule has 5 heteroatoms. The van der Waals surface area contributed by atoms with E-state index in [1.54, 1.807) is 18.2 Å². The first-order valence-corrected chi connectivity index (χ1v) is 6.50. The Morgan fingerprint density at radius 1 is 1.05 bits per heavy atom. The van der Waals surface area contributed by atoms with Crippen LogP contribution in [0.1, 0.15) is 5.56 Å². The van der Waals surface area contributed by atoms with Gasteiger partial charge in [-0.2, -0.15) is 0 Å². The van der Waals surface area contributed by atoms with Crippen LogP contribution in [-0.2, 0) is 4.79 Å². The van der Waals surface area contributed by atoms with Gasteiger partial charge in [0.05, 0.1) is 0 Å². The summed E-state index contributed by atoms with van der Waals surface area (Å²) in [6, 6.07) is 10.6. The molecule has 0 heterocycles. The van der Waals surface area contributed by atoms with Crippen LogP contribution in [-0.4, -0.2) is 5.91 Å². The predicted molar refractivity (Wildman–Crippen MR) is 80.5 cm³/mol. The average Bonchev–Trinajstić information content (AvgIpc) is 2.41. The zero-order chi connectivity index (χ0) is 14.5. The molecule has 2 nitrogen and oxygen atoms in total. The highest BCUT2D eigenvalue weighted by atomic mass is 35.5. The molecule has 0 saturated heterocycles. The van der Waals surface area contributed by atoms with E-state index in [1.807, 2.05) is 0 Å². The van der Waals surface area contributed by atoms with E-state index in [9.17, 15) is 9.18 Å². The summed E-state index contributed by atoms with van der Waals surface area (Å²) in [5, 5.41) is 3.52. The number of anilines is 1. The number of hydrogen-bond acceptors (Lipinski definition) is 1. The fourth-order valence-corrected chi connectivity index (χ4v) is 2.07. The van der Waals surface area contributed by atoms with Crippen LogP contribution in [0.25, 0.3) is 6.08 Å². The topological polar surface area (TPSA) is 29.1 Å². The first-order chi connectivity index (χ1) is 9.56. The van der Waals surface area contributed by atoms with Crippen LogP contribution in [0.4, 0.5) is 10.1 Å². The molecule has 2 aromatic carbocycles. The molecule has 0 bridgehead atoms. The van der Waals surface area contributed by atoms with Crippen molar-refractivity contribution in [3.8, 4) is 0 Å². The maximum absolute atomic E-state index is 12.7. The van der Waals surface area contributed by atoms with Crippen LogP contribution in [0, 0.1) is 5.82 Å². The molecule has 0 aromatic heterocycles. The summed E-state index contributed by atoms with van der Waals surface area (Å²) in [5.74, 6) is -0.714. The number of rotatable bonds is 3. The third-order valence-corrected chi connectivity index (χ3v) is 3.17. The van der Waals surface area contributed by atoms with Crippen LogP contribution < -0.4 is 5.32 Å². The first kappa shape index (κ1) is 14.6. The normalized spacial score (nSPS) is 10.8. The third kappa shape index (κ3) is 3.83. The molecule has 0 atom stereocenters. The van der Waals surface area contributed by atoms with E-state index < -0.39 is 0 Å². The quantitative estimate of drug-likeness (QED) is 0.812. The lowest BCUT2D eigenvalue weighted by Gasteiger charge is -2.03. The van der Waals surface area contributed by atoms with Crippen molar-refractivity contribution in [1.82, 2.24) is 0 Å². The second-order valence-electron chi connectivity index (χ2n) is 3.96. The predicted octanol–water partition coefficient (Wildman–Crippen LogP) is 4.78. The van der Waals surface area contributed by atoms with E-state index in [-0.39, 0.29) is 11.7 Å². The summed E-state index contributed by atoms with van der Waals surface area (Å²) in [6.07, 6.45) is 2.85. The van der Waals surface area contributed by atoms with Gasteiger partial charge in [0.1, 0.15) is 5.82 Å². The van der Waals surface area contributed by atoms with Crippen LogP contribution >= 0.6 is 23.2 Å². The van der Waals surface area contributed by atoms with E-state index >= 15 is 0 Å². The number of carbonyl (C=O) groups is 1. The Bertz CT molecular complexity index is 633. The highest BCUT2D eigenvalue weighted by Gasteiger charge is 2.03. The number of hydrogen-bond donors (Lipinski definition) is 1. The first-order valence-electron chi connectivity index (χ1n) is 5.75. The summed E-state index contributed by atoms with van der Waals surface area (Å²) in [5.41, 5.74) is 1.08. The van der Waals surface area contributed by atoms with Gasteiger partial charge in [-0.1, -0.05) is 29.3 Å². The molecule has 1 N–H and O–H groups in total. The summed E-state index contributed by atoms with van der Waals surface area (Å²) in [6.45, 7) is 0. The summed E-state index contributed by atoms with van der Waals surface area (Å²) >= 11 is 12.0. The summed E-state index contributed by atoms with van der Waals surface area (Å²) in [4.78, 5) is 11.7. The lowest BCUT2D eigenvalue weighted by Crippen LogP contribution is -2.07. The molecule has 0 aliphatic rings. The highest BCUT2D eigenvalue weighted by molar-refractivity contribution is 6.37. The lowest BCUT2D eigenvalue weighted by molar-refractivity contribution is -0.111. The van der Waals surface area contributed by atoms with Gasteiger partial charge >= 0.3 is 0 Å². The van der Waals surface area contributed by atoms with Crippen molar-refractivity contribution in [2.45, 2.75) is 0 Å². The lowest BCUT2D eigenvalue weighted by atomic mass is 10.2. The van der Waals surface area contributed by atoms with Crippen LogP contribution in [0.5, 0.6) is 0 Å². The average molecular weight is 310 g/mol. The van der Waals surface area contributed by atoms with Gasteiger partial charge in [-0.15, -0.1) is 0 Å². The molecule has 2 rings (SSSR count). The zero-order valence-corrected chi connectivity index (χ0v) is 11.8. The van der Waals surface area contributed by atoms with Crippen molar-refractivity contribution < 1.29 is 9.18 Å². The maximum atomic E-state index is 12.7. The molecule has 1 amide bonds. The van der Waals surface area contributed by atoms with Crippen molar-refractivity contribution in [2.75, 3.05) is 5.32 Å². The number of carbonyl (C=O) groups excluding carboxylic acids is 1. The van der Waals surface area contributed by atoms with Gasteiger partial charge in [-0.05, 0) is 42.5 Å². The van der Waals surface area contributed by atoms with Crippen LogP contribution in [0.3, 0.4) is 0 Å². The Morgan fingerprint density at radius 2 is 1.65 bits per heavy atom. The van der Waals surface area contributed by atoms with E-state index in [4.69, 9.17) is 23.2 Å². The molecule has 2 aromatic rings. The smallest absolute Gasteiger partial charge is 0.248 e. The monoisotopic (exact) mass is 309 g/mol. The Kier molecular flexibility index (Phi) is 4.77. The molecular formula is C15H10Cl2FNO. The minimum absolute atomic E-state index is 0.354. The Balaban J connectivity index is 2.08. The fraction of sp³-hybridized carbons (Fsp3) is 0. The van der Waals surface area contributed by atoms with Crippen LogP contribution in [0.2, 0.25) is 10.0 Å². The minimum atomic E-state index is -0.360. The molecule has 0 unspecified atom stereocenters. The van der Waals surface area contributed by atoms with Gasteiger partial charge in [0, 0.05) is 27.4 Å².